The van der Waals surface area contributed by atoms with Gasteiger partial charge in [-0.3, -0.25) is 0 Å². The molecule has 0 atom stereocenters. The molecule has 0 aliphatic heterocycles. The van der Waals surface area contributed by atoms with Gasteiger partial charge in [-0.05, 0) is 24.3 Å². The summed E-state index contributed by atoms with van der Waals surface area (Å²) >= 11 is 0. The van der Waals surface area contributed by atoms with Gasteiger partial charge in [-0.1, -0.05) is 0 Å². The molecule has 1 nitrogen and oxygen atoms in total. The largest absolute Gasteiger partial charge is 2.00 e. The monoisotopic (exact) mass is 290 g/mol. The number of benzene rings is 2. The van der Waals surface area contributed by atoms with E-state index >= 15 is 0 Å². The molecule has 0 saturated carbocycles. The van der Waals surface area contributed by atoms with Crippen LogP contribution in [0.3, 0.4) is 0 Å². The van der Waals surface area contributed by atoms with Gasteiger partial charge in [0, 0.05) is 5.75 Å². The molecule has 0 aliphatic rings. The Morgan fingerprint density at radius 3 is 1.94 bits per heavy atom. The molecule has 0 aromatic heterocycles. The van der Waals surface area contributed by atoms with Crippen LogP contribution in [0.25, 0.3) is 0 Å². The van der Waals surface area contributed by atoms with E-state index in [-0.39, 0.29) is 45.9 Å². The molecule has 78 valence electrons. The fourth-order valence-corrected chi connectivity index (χ4v) is 1.08. The molecule has 16 heavy (non-hydrogen) atoms. The van der Waals surface area contributed by atoms with Crippen molar-refractivity contribution in [1.82, 2.24) is 0 Å². The fraction of sp³-hybridized carbons (Fsp3) is 0. The smallest absolute Gasteiger partial charge is 1.00 e. The van der Waals surface area contributed by atoms with E-state index in [0.29, 0.717) is 5.75 Å². The van der Waals surface area contributed by atoms with Crippen molar-refractivity contribution in [2.24, 2.45) is 0 Å². The summed E-state index contributed by atoms with van der Waals surface area (Å²) in [7, 11) is 0. The van der Waals surface area contributed by atoms with Crippen molar-refractivity contribution in [3.63, 3.8) is 0 Å². The third-order valence-electron chi connectivity index (χ3n) is 1.74. The van der Waals surface area contributed by atoms with E-state index in [2.05, 4.69) is 6.07 Å². The zero-order chi connectivity index (χ0) is 9.80. The Bertz CT molecular complexity index is 405. The van der Waals surface area contributed by atoms with Crippen LogP contribution in [0.2, 0.25) is 0 Å². The average molecular weight is 291 g/mol. The van der Waals surface area contributed by atoms with Gasteiger partial charge in [0.15, 0.2) is 0 Å². The first-order valence-corrected chi connectivity index (χ1v) is 4.24. The van der Waals surface area contributed by atoms with Gasteiger partial charge in [-0.25, -0.2) is 4.39 Å². The van der Waals surface area contributed by atoms with Crippen molar-refractivity contribution in [2.45, 2.75) is 0 Å². The predicted octanol–water partition coefficient (Wildman–Crippen LogP) is 0.0414. The molecule has 2 aromatic carbocycles. The number of rotatable bonds is 2. The quantitative estimate of drug-likeness (QED) is 0.561. The van der Waals surface area contributed by atoms with Crippen LogP contribution in [0, 0.1) is 11.9 Å². The van der Waals surface area contributed by atoms with Gasteiger partial charge in [-0.15, -0.1) is 12.1 Å². The van der Waals surface area contributed by atoms with Crippen LogP contribution >= 0.6 is 0 Å². The van der Waals surface area contributed by atoms with Crippen molar-refractivity contribution < 1.29 is 26.1 Å². The topological polar surface area (TPSA) is 9.23 Å². The van der Waals surface area contributed by atoms with Crippen molar-refractivity contribution in [1.29, 1.82) is 0 Å². The van der Waals surface area contributed by atoms with E-state index in [0.717, 1.165) is 5.75 Å². The summed E-state index contributed by atoms with van der Waals surface area (Å²) in [5.74, 6) is 1.08. The molecule has 0 aliphatic carbocycles. The van der Waals surface area contributed by atoms with Crippen LogP contribution in [0.15, 0.2) is 48.5 Å². The summed E-state index contributed by atoms with van der Waals surface area (Å²) in [6, 6.07) is 15.9. The second kappa shape index (κ2) is 7.65. The average Bonchev–Trinajstić information content (AvgIpc) is 2.23. The molecular weight excluding hydrogens is 283 g/mol. The van der Waals surface area contributed by atoms with Gasteiger partial charge in [0.1, 0.15) is 11.6 Å². The molecule has 2 aromatic rings. The van der Waals surface area contributed by atoms with Crippen LogP contribution in [0.1, 0.15) is 0 Å². The summed E-state index contributed by atoms with van der Waals surface area (Å²) in [5, 5.41) is 0. The molecular formula is C12H8BrFMgO. The maximum absolute atomic E-state index is 12.6. The number of hydrogen-bond acceptors (Lipinski definition) is 1. The van der Waals surface area contributed by atoms with E-state index in [1.54, 1.807) is 36.4 Å². The molecule has 0 unspecified atom stereocenters. The number of ether oxygens (including phenoxy) is 1. The Balaban J connectivity index is 0.00000112. The number of halogens is 2. The summed E-state index contributed by atoms with van der Waals surface area (Å²) in [4.78, 5) is 0. The van der Waals surface area contributed by atoms with Crippen LogP contribution in [0.5, 0.6) is 11.5 Å². The molecule has 0 radical (unpaired) electrons. The molecule has 2 rings (SSSR count). The maximum Gasteiger partial charge on any atom is 2.00 e. The van der Waals surface area contributed by atoms with Crippen molar-refractivity contribution in [2.75, 3.05) is 0 Å². The van der Waals surface area contributed by atoms with Crippen LogP contribution < -0.4 is 21.7 Å². The van der Waals surface area contributed by atoms with Crippen LogP contribution in [-0.4, -0.2) is 23.1 Å². The molecule has 0 fully saturated rings. The second-order valence-corrected chi connectivity index (χ2v) is 2.79. The van der Waals surface area contributed by atoms with Gasteiger partial charge >= 0.3 is 23.1 Å². The minimum absolute atomic E-state index is 0. The zero-order valence-corrected chi connectivity index (χ0v) is 11.5. The van der Waals surface area contributed by atoms with E-state index in [4.69, 9.17) is 4.74 Å². The third kappa shape index (κ3) is 4.51. The Hall–Kier alpha value is -0.584. The molecule has 0 heterocycles. The van der Waals surface area contributed by atoms with Crippen molar-refractivity contribution in [3.05, 3.63) is 60.4 Å². The maximum atomic E-state index is 12.6. The van der Waals surface area contributed by atoms with Crippen LogP contribution in [-0.2, 0) is 0 Å². The van der Waals surface area contributed by atoms with Crippen molar-refractivity contribution in [3.8, 4) is 11.5 Å². The standard InChI is InChI=1S/C12H8FO.BrH.Mg/c13-10-6-8-12(9-7-10)14-11-4-2-1-3-5-11;;/h2-9H;1H;/q-1;;+2/p-1. The molecule has 0 bridgehead atoms. The first-order chi connectivity index (χ1) is 6.84. The molecule has 0 spiro atoms. The molecule has 0 N–H and O–H groups in total. The van der Waals surface area contributed by atoms with E-state index in [1.807, 2.05) is 0 Å². The van der Waals surface area contributed by atoms with E-state index in [9.17, 15) is 4.39 Å². The summed E-state index contributed by atoms with van der Waals surface area (Å²) in [6.45, 7) is 0. The minimum atomic E-state index is -0.265. The first kappa shape index (κ1) is 15.4. The molecule has 0 saturated heterocycles. The Morgan fingerprint density at radius 2 is 1.38 bits per heavy atom. The van der Waals surface area contributed by atoms with Crippen molar-refractivity contribution >= 4 is 23.1 Å². The second-order valence-electron chi connectivity index (χ2n) is 2.79. The SMILES string of the molecule is Fc1ccc(Oc2cc[c-]cc2)cc1.[Br-].[Mg+2]. The predicted molar refractivity (Wildman–Crippen MR) is 57.5 cm³/mol. The van der Waals surface area contributed by atoms with Gasteiger partial charge < -0.3 is 21.7 Å². The summed E-state index contributed by atoms with van der Waals surface area (Å²) in [5.41, 5.74) is 0. The third-order valence-corrected chi connectivity index (χ3v) is 1.74. The summed E-state index contributed by atoms with van der Waals surface area (Å²) in [6.07, 6.45) is 0. The number of hydrogen-bond donors (Lipinski definition) is 0. The Kier molecular flexibility index (Phi) is 7.37. The Labute approximate surface area is 121 Å². The van der Waals surface area contributed by atoms with Gasteiger partial charge in [-0.2, -0.15) is 18.2 Å². The Morgan fingerprint density at radius 1 is 0.875 bits per heavy atom. The summed E-state index contributed by atoms with van der Waals surface area (Å²) < 4.78 is 18.0. The van der Waals surface area contributed by atoms with E-state index < -0.39 is 0 Å². The minimum Gasteiger partial charge on any atom is -1.00 e. The normalized spacial score (nSPS) is 8.56. The van der Waals surface area contributed by atoms with Gasteiger partial charge in [0.2, 0.25) is 0 Å². The molecule has 0 amide bonds. The first-order valence-electron chi connectivity index (χ1n) is 4.24. The fourth-order valence-electron chi connectivity index (χ4n) is 1.08. The van der Waals surface area contributed by atoms with E-state index in [1.165, 1.54) is 12.1 Å². The molecule has 4 heteroatoms. The van der Waals surface area contributed by atoms with Crippen LogP contribution in [0.4, 0.5) is 4.39 Å². The zero-order valence-electron chi connectivity index (χ0n) is 8.49. The van der Waals surface area contributed by atoms with Gasteiger partial charge in [0.25, 0.3) is 0 Å². The van der Waals surface area contributed by atoms with Gasteiger partial charge in [0.05, 0.1) is 0 Å².